The number of carbonyl (C=O) groups is 2. The zero-order valence-corrected chi connectivity index (χ0v) is 4.42. The summed E-state index contributed by atoms with van der Waals surface area (Å²) >= 11 is 0. The summed E-state index contributed by atoms with van der Waals surface area (Å²) in [5, 5.41) is 14.6. The summed E-state index contributed by atoms with van der Waals surface area (Å²) in [5.74, 6) is 0. The topological polar surface area (TPSA) is 118 Å². The van der Waals surface area contributed by atoms with Gasteiger partial charge in [0.15, 0.2) is 0 Å². The first-order valence-electron chi connectivity index (χ1n) is 1.83. The summed E-state index contributed by atoms with van der Waals surface area (Å²) in [6, 6.07) is 0. The van der Waals surface area contributed by atoms with Crippen molar-refractivity contribution in [1.29, 1.82) is 0 Å². The van der Waals surface area contributed by atoms with Crippen molar-refractivity contribution in [2.75, 3.05) is 0 Å². The fourth-order valence-corrected chi connectivity index (χ4v) is 0.152. The molecule has 0 aromatic carbocycles. The second-order valence-corrected chi connectivity index (χ2v) is 0.952. The van der Waals surface area contributed by atoms with Gasteiger partial charge < -0.3 is 15.7 Å². The maximum atomic E-state index is 9.49. The molecule has 0 unspecified atom stereocenters. The van der Waals surface area contributed by atoms with Gasteiger partial charge in [0, 0.05) is 0 Å². The Morgan fingerprint density at radius 3 is 1.70 bits per heavy atom. The van der Waals surface area contributed by atoms with Crippen molar-refractivity contribution in [2.45, 2.75) is 0 Å². The van der Waals surface area contributed by atoms with Crippen LogP contribution in [0.3, 0.4) is 0 Å². The highest BCUT2D eigenvalue weighted by atomic mass is 17.0. The molecule has 0 rings (SSSR count). The molecule has 0 aromatic heterocycles. The number of carboxylic acid groups (broad SMARTS) is 2. The average Bonchev–Trinajstić information content (AvgIpc) is 1.58. The average molecular weight is 150 g/mol. The molecule has 0 aliphatic carbocycles. The first-order chi connectivity index (χ1) is 4.52. The SMILES string of the molecule is [N-]=[N+](OC(=O)O)OC(=O)O. The molecule has 0 heterocycles. The highest BCUT2D eigenvalue weighted by Crippen LogP contribution is 1.83. The molecule has 0 spiro atoms. The third-order valence-electron chi connectivity index (χ3n) is 0.312. The minimum absolute atomic E-state index is 0.801. The van der Waals surface area contributed by atoms with Crippen molar-refractivity contribution in [2.24, 2.45) is 0 Å². The maximum Gasteiger partial charge on any atom is 0.574 e. The minimum atomic E-state index is -1.90. The van der Waals surface area contributed by atoms with E-state index < -0.39 is 17.3 Å². The Labute approximate surface area is 53.6 Å². The van der Waals surface area contributed by atoms with Gasteiger partial charge in [-0.1, -0.05) is 0 Å². The molecule has 0 fully saturated rings. The Morgan fingerprint density at radius 1 is 1.20 bits per heavy atom. The van der Waals surface area contributed by atoms with Crippen LogP contribution in [-0.4, -0.2) is 27.5 Å². The van der Waals surface area contributed by atoms with E-state index in [0.29, 0.717) is 0 Å². The number of rotatable bonds is 2. The molecule has 0 saturated heterocycles. The van der Waals surface area contributed by atoms with Crippen LogP contribution in [0.25, 0.3) is 5.53 Å². The molecule has 0 radical (unpaired) electrons. The van der Waals surface area contributed by atoms with E-state index in [4.69, 9.17) is 15.7 Å². The fraction of sp³-hybridized carbons (Fsp3) is 0. The Hall–Kier alpha value is -1.86. The van der Waals surface area contributed by atoms with Crippen LogP contribution in [-0.2, 0) is 9.68 Å². The Morgan fingerprint density at radius 2 is 1.50 bits per heavy atom. The van der Waals surface area contributed by atoms with Crippen molar-refractivity contribution >= 4 is 12.3 Å². The Bertz CT molecular complexity index is 157. The van der Waals surface area contributed by atoms with Gasteiger partial charge in [-0.25, -0.2) is 0 Å². The van der Waals surface area contributed by atoms with Crippen LogP contribution in [0.2, 0.25) is 0 Å². The quantitative estimate of drug-likeness (QED) is 0.429. The van der Waals surface area contributed by atoms with E-state index in [-0.39, 0.29) is 0 Å². The summed E-state index contributed by atoms with van der Waals surface area (Å²) in [4.78, 5) is 25.5. The molecular formula is C2H2N2O6. The van der Waals surface area contributed by atoms with Gasteiger partial charge in [0.1, 0.15) is 5.02 Å². The van der Waals surface area contributed by atoms with Crippen LogP contribution in [0.1, 0.15) is 0 Å². The lowest BCUT2D eigenvalue weighted by atomic mass is 11.4. The van der Waals surface area contributed by atoms with Gasteiger partial charge in [-0.3, -0.25) is 0 Å². The first kappa shape index (κ1) is 8.14. The molecule has 0 amide bonds. The molecule has 8 nitrogen and oxygen atoms in total. The van der Waals surface area contributed by atoms with Crippen molar-refractivity contribution in [3.05, 3.63) is 5.53 Å². The zero-order chi connectivity index (χ0) is 8.15. The van der Waals surface area contributed by atoms with Crippen LogP contribution in [0.15, 0.2) is 0 Å². The third kappa shape index (κ3) is 4.30. The summed E-state index contributed by atoms with van der Waals surface area (Å²) in [6.07, 6.45) is -3.80. The second-order valence-electron chi connectivity index (χ2n) is 0.952. The largest absolute Gasteiger partial charge is 0.574 e. The van der Waals surface area contributed by atoms with Crippen molar-refractivity contribution in [3.8, 4) is 0 Å². The van der Waals surface area contributed by atoms with Crippen LogP contribution < -0.4 is 0 Å². The predicted molar refractivity (Wildman–Crippen MR) is 21.8 cm³/mol. The van der Waals surface area contributed by atoms with E-state index in [1.54, 1.807) is 0 Å². The van der Waals surface area contributed by atoms with Gasteiger partial charge in [-0.2, -0.15) is 9.59 Å². The number of hydrogen-bond donors (Lipinski definition) is 2. The van der Waals surface area contributed by atoms with Gasteiger partial charge in [0.2, 0.25) is 0 Å². The summed E-state index contributed by atoms with van der Waals surface area (Å²) in [5.41, 5.74) is 8.02. The summed E-state index contributed by atoms with van der Waals surface area (Å²) < 4.78 is 0. The molecule has 56 valence electrons. The van der Waals surface area contributed by atoms with Gasteiger partial charge >= 0.3 is 12.3 Å². The number of hydrogen-bond acceptors (Lipinski definition) is 4. The molecule has 10 heavy (non-hydrogen) atoms. The van der Waals surface area contributed by atoms with Crippen molar-refractivity contribution in [3.63, 3.8) is 0 Å². The molecule has 2 N–H and O–H groups in total. The molecule has 0 aromatic rings. The van der Waals surface area contributed by atoms with E-state index in [0.717, 1.165) is 0 Å². The summed E-state index contributed by atoms with van der Waals surface area (Å²) in [6.45, 7) is 0. The zero-order valence-electron chi connectivity index (χ0n) is 4.42. The van der Waals surface area contributed by atoms with E-state index in [1.807, 2.05) is 0 Å². The molecule has 0 aliphatic rings. The normalized spacial score (nSPS) is 8.00. The Balaban J connectivity index is 3.65. The lowest BCUT2D eigenvalue weighted by molar-refractivity contribution is -0.946. The monoisotopic (exact) mass is 150 g/mol. The summed E-state index contributed by atoms with van der Waals surface area (Å²) in [7, 11) is 0. The van der Waals surface area contributed by atoms with Gasteiger partial charge in [0.25, 0.3) is 0 Å². The lowest BCUT2D eigenvalue weighted by Gasteiger charge is -1.92. The smallest absolute Gasteiger partial charge is 0.446 e. The van der Waals surface area contributed by atoms with Gasteiger partial charge in [-0.15, -0.1) is 9.68 Å². The van der Waals surface area contributed by atoms with E-state index in [2.05, 4.69) is 9.68 Å². The van der Waals surface area contributed by atoms with Crippen LogP contribution >= 0.6 is 0 Å². The Kier molecular flexibility index (Phi) is 2.62. The minimum Gasteiger partial charge on any atom is -0.446 e. The van der Waals surface area contributed by atoms with Crippen LogP contribution in [0.4, 0.5) is 9.59 Å². The standard InChI is InChI=1S/C2H2N2O6/c3-4(9-1(5)6)10-2(7)8/h(H,5,6)(H,7,8). The van der Waals surface area contributed by atoms with Crippen LogP contribution in [0, 0.1) is 0 Å². The van der Waals surface area contributed by atoms with Crippen molar-refractivity contribution in [1.82, 2.24) is 0 Å². The van der Waals surface area contributed by atoms with Gasteiger partial charge in [-0.05, 0) is 0 Å². The number of nitrogens with zero attached hydrogens (tertiary/aromatic N) is 2. The molecular weight excluding hydrogens is 148 g/mol. The second kappa shape index (κ2) is 3.22. The van der Waals surface area contributed by atoms with Crippen LogP contribution in [0.5, 0.6) is 0 Å². The highest BCUT2D eigenvalue weighted by molar-refractivity contribution is 5.56. The first-order valence-corrected chi connectivity index (χ1v) is 1.83. The van der Waals surface area contributed by atoms with Crippen molar-refractivity contribution < 1.29 is 34.5 Å². The predicted octanol–water partition coefficient (Wildman–Crippen LogP) is 0.240. The lowest BCUT2D eigenvalue weighted by Crippen LogP contribution is -2.16. The van der Waals surface area contributed by atoms with Gasteiger partial charge in [0.05, 0.1) is 0 Å². The van der Waals surface area contributed by atoms with E-state index in [1.165, 1.54) is 0 Å². The fourth-order valence-electron chi connectivity index (χ4n) is 0.152. The molecule has 0 saturated carbocycles. The van der Waals surface area contributed by atoms with E-state index in [9.17, 15) is 9.59 Å². The molecule has 0 aliphatic heterocycles. The molecule has 0 atom stereocenters. The maximum absolute atomic E-state index is 9.49. The molecule has 0 bridgehead atoms. The van der Waals surface area contributed by atoms with E-state index >= 15 is 0 Å². The highest BCUT2D eigenvalue weighted by Gasteiger charge is 2.11. The molecule has 8 heteroatoms. The third-order valence-corrected chi connectivity index (χ3v) is 0.312.